The van der Waals surface area contributed by atoms with E-state index in [4.69, 9.17) is 14.6 Å². The molecule has 17 nitrogen and oxygen atoms in total. The van der Waals surface area contributed by atoms with Crippen molar-refractivity contribution >= 4 is 23.6 Å². The average Bonchev–Trinajstić information content (AvgIpc) is 3.99. The second kappa shape index (κ2) is 16.1. The van der Waals surface area contributed by atoms with E-state index >= 15 is 0 Å². The van der Waals surface area contributed by atoms with Gasteiger partial charge in [0, 0.05) is 34.6 Å². The summed E-state index contributed by atoms with van der Waals surface area (Å²) in [6.07, 6.45) is 1.98. The number of anilines is 2. The number of halogens is 2. The van der Waals surface area contributed by atoms with Gasteiger partial charge in [-0.1, -0.05) is 26.5 Å². The molecule has 1 unspecified atom stereocenters. The third-order valence-electron chi connectivity index (χ3n) is 8.56. The molecule has 2 aliphatic rings. The third-order valence-corrected chi connectivity index (χ3v) is 8.56. The Hall–Kier alpha value is -6.76. The summed E-state index contributed by atoms with van der Waals surface area (Å²) in [6.45, 7) is 2.27. The zero-order chi connectivity index (χ0) is 37.9. The number of carbonyl (C=O) groups is 2. The van der Waals surface area contributed by atoms with E-state index in [1.807, 2.05) is 6.92 Å². The topological polar surface area (TPSA) is 192 Å². The van der Waals surface area contributed by atoms with Gasteiger partial charge in [-0.25, -0.2) is 18.4 Å². The second-order valence-corrected chi connectivity index (χ2v) is 12.2. The molecule has 0 aliphatic carbocycles. The molecular weight excluding hydrogens is 718 g/mol. The molecule has 0 saturated carbocycles. The van der Waals surface area contributed by atoms with Gasteiger partial charge in [-0.2, -0.15) is 9.59 Å². The largest absolute Gasteiger partial charge is 0.444 e. The third kappa shape index (κ3) is 8.10. The molecule has 8 rings (SSSR count). The Bertz CT molecular complexity index is 2140. The van der Waals surface area contributed by atoms with Crippen molar-refractivity contribution in [3.63, 3.8) is 0 Å². The van der Waals surface area contributed by atoms with E-state index in [9.17, 15) is 18.4 Å². The minimum absolute atomic E-state index is 0. The Morgan fingerprint density at radius 1 is 0.709 bits per heavy atom. The molecule has 0 bridgehead atoms. The smallest absolute Gasteiger partial charge is 0.414 e. The molecule has 2 saturated heterocycles. The summed E-state index contributed by atoms with van der Waals surface area (Å²) in [4.78, 5) is 37.7. The molecule has 4 aromatic heterocycles. The molecule has 0 radical (unpaired) electrons. The van der Waals surface area contributed by atoms with E-state index in [1.54, 1.807) is 68.8 Å². The minimum Gasteiger partial charge on any atom is -0.444 e. The van der Waals surface area contributed by atoms with Crippen LogP contribution >= 0.6 is 0 Å². The molecule has 2 amide bonds. The van der Waals surface area contributed by atoms with Crippen molar-refractivity contribution in [1.29, 1.82) is 0 Å². The molecule has 19 heteroatoms. The van der Waals surface area contributed by atoms with Gasteiger partial charge in [0.1, 0.15) is 35.2 Å². The number of cyclic esters (lactones) is 2. The Morgan fingerprint density at radius 2 is 1.16 bits per heavy atom. The Morgan fingerprint density at radius 3 is 1.49 bits per heavy atom. The molecule has 2 atom stereocenters. The summed E-state index contributed by atoms with van der Waals surface area (Å²) < 4.78 is 39.5. The van der Waals surface area contributed by atoms with Gasteiger partial charge in [-0.3, -0.25) is 19.8 Å². The second-order valence-electron chi connectivity index (χ2n) is 12.2. The van der Waals surface area contributed by atoms with Gasteiger partial charge < -0.3 is 14.6 Å². The Kier molecular flexibility index (Phi) is 11.1. The van der Waals surface area contributed by atoms with Crippen LogP contribution in [0.15, 0.2) is 73.1 Å². The van der Waals surface area contributed by atoms with E-state index in [0.29, 0.717) is 63.2 Å². The van der Waals surface area contributed by atoms with Crippen LogP contribution in [0.4, 0.5) is 29.7 Å². The van der Waals surface area contributed by atoms with Crippen LogP contribution in [0.25, 0.3) is 45.3 Å². The van der Waals surface area contributed by atoms with Crippen molar-refractivity contribution in [2.24, 2.45) is 14.1 Å². The lowest BCUT2D eigenvalue weighted by Gasteiger charge is -2.14. The van der Waals surface area contributed by atoms with E-state index < -0.39 is 29.9 Å². The van der Waals surface area contributed by atoms with Gasteiger partial charge in [-0.05, 0) is 65.4 Å². The fourth-order valence-electron chi connectivity index (χ4n) is 5.73. The number of ether oxygens (including phenoxy) is 2. The van der Waals surface area contributed by atoms with E-state index in [2.05, 4.69) is 40.8 Å². The van der Waals surface area contributed by atoms with Crippen molar-refractivity contribution in [2.75, 3.05) is 29.5 Å². The zero-order valence-corrected chi connectivity index (χ0v) is 29.1. The lowest BCUT2D eigenvalue weighted by atomic mass is 10.1. The SMILES string of the molecule is C.CC[C@H]1CN(c2ccc(-c3ccc(-c4nnn(C)n4)nc3)c(F)c2)C(=O)O1.Cn1nnc(-c2ccc(-c3ccc(N4CC(CO)OC4=O)cc3F)cn2)n1. The number of nitrogens with zero attached hydrogens (tertiary/aromatic N) is 12. The van der Waals surface area contributed by atoms with Crippen molar-refractivity contribution < 1.29 is 33.0 Å². The molecule has 0 spiro atoms. The summed E-state index contributed by atoms with van der Waals surface area (Å²) in [5, 5.41) is 32.5. The molecule has 2 fully saturated rings. The highest BCUT2D eigenvalue weighted by atomic mass is 19.1. The first-order chi connectivity index (χ1) is 26.1. The molecule has 284 valence electrons. The zero-order valence-electron chi connectivity index (χ0n) is 29.1. The first-order valence-electron chi connectivity index (χ1n) is 16.7. The van der Waals surface area contributed by atoms with Crippen LogP contribution in [-0.2, 0) is 23.6 Å². The first kappa shape index (κ1) is 38.0. The van der Waals surface area contributed by atoms with Crippen molar-refractivity contribution in [1.82, 2.24) is 50.4 Å². The van der Waals surface area contributed by atoms with Gasteiger partial charge >= 0.3 is 12.2 Å². The molecular formula is C36H36F2N12O5. The van der Waals surface area contributed by atoms with Gasteiger partial charge in [0.25, 0.3) is 0 Å². The molecule has 55 heavy (non-hydrogen) atoms. The summed E-state index contributed by atoms with van der Waals surface area (Å²) in [5.41, 5.74) is 3.84. The molecule has 1 N–H and O–H groups in total. The van der Waals surface area contributed by atoms with Gasteiger partial charge in [0.2, 0.25) is 11.6 Å². The van der Waals surface area contributed by atoms with E-state index in [0.717, 1.165) is 6.42 Å². The van der Waals surface area contributed by atoms with E-state index in [-0.39, 0.29) is 26.7 Å². The number of aliphatic hydroxyl groups excluding tert-OH is 1. The summed E-state index contributed by atoms with van der Waals surface area (Å²) in [6, 6.07) is 16.0. The van der Waals surface area contributed by atoms with Crippen LogP contribution in [0.3, 0.4) is 0 Å². The van der Waals surface area contributed by atoms with Crippen molar-refractivity contribution in [3.05, 3.63) is 84.7 Å². The maximum Gasteiger partial charge on any atom is 0.414 e. The van der Waals surface area contributed by atoms with Crippen LogP contribution in [-0.4, -0.2) is 99.6 Å². The summed E-state index contributed by atoms with van der Waals surface area (Å²) in [7, 11) is 3.32. The van der Waals surface area contributed by atoms with Gasteiger partial charge in [0.05, 0.1) is 45.2 Å². The van der Waals surface area contributed by atoms with Crippen molar-refractivity contribution in [2.45, 2.75) is 33.0 Å². The summed E-state index contributed by atoms with van der Waals surface area (Å²) >= 11 is 0. The lowest BCUT2D eigenvalue weighted by molar-refractivity contribution is 0.0963. The van der Waals surface area contributed by atoms with Crippen LogP contribution in [0.2, 0.25) is 0 Å². The molecule has 6 aromatic rings. The minimum atomic E-state index is -0.608. The van der Waals surface area contributed by atoms with Crippen LogP contribution < -0.4 is 9.80 Å². The highest BCUT2D eigenvalue weighted by Crippen LogP contribution is 2.31. The number of aromatic nitrogens is 10. The number of aliphatic hydroxyl groups is 1. The van der Waals surface area contributed by atoms with Crippen LogP contribution in [0.1, 0.15) is 20.8 Å². The number of rotatable bonds is 8. The monoisotopic (exact) mass is 754 g/mol. The summed E-state index contributed by atoms with van der Waals surface area (Å²) in [5.74, 6) is -0.156. The lowest BCUT2D eigenvalue weighted by Crippen LogP contribution is -2.25. The predicted molar refractivity (Wildman–Crippen MR) is 194 cm³/mol. The molecule has 2 aromatic carbocycles. The number of amides is 2. The number of pyridine rings is 2. The number of tetrazole rings is 2. The van der Waals surface area contributed by atoms with Crippen LogP contribution in [0.5, 0.6) is 0 Å². The van der Waals surface area contributed by atoms with Crippen LogP contribution in [0, 0.1) is 11.6 Å². The Labute approximate surface area is 313 Å². The fourth-order valence-corrected chi connectivity index (χ4v) is 5.73. The van der Waals surface area contributed by atoms with Crippen molar-refractivity contribution in [3.8, 4) is 45.3 Å². The normalized spacial score (nSPS) is 16.3. The van der Waals surface area contributed by atoms with E-state index in [1.165, 1.54) is 37.7 Å². The maximum absolute atomic E-state index is 14.7. The number of hydrogen-bond donors (Lipinski definition) is 1. The fraction of sp³-hybridized carbons (Fsp3) is 0.278. The Balaban J connectivity index is 0.000000184. The standard InChI is InChI=1S/C18H17FN6O2.C17H15FN6O3.CH4/c1-3-13-10-25(18(26)27-13)12-5-6-14(15(19)8-12)11-4-7-16(20-9-11)17-21-23-24(2)22-17;1-23-21-16(20-22-23)15-5-2-10(7-19-15)13-4-3-11(6-14(13)18)24-8-12(9-25)27-17(24)26;/h4-9,13H,3,10H2,1-2H3;2-7,12,25H,8-9H2,1H3;1H4/t13-;;/m0../s1. The maximum atomic E-state index is 14.7. The average molecular weight is 755 g/mol. The molecule has 2 aliphatic heterocycles. The number of hydrogen-bond acceptors (Lipinski definition) is 13. The quantitative estimate of drug-likeness (QED) is 0.222. The number of aryl methyl sites for hydroxylation is 2. The predicted octanol–water partition coefficient (Wildman–Crippen LogP) is 4.85. The van der Waals surface area contributed by atoms with Gasteiger partial charge in [-0.15, -0.1) is 20.4 Å². The molecule has 6 heterocycles. The van der Waals surface area contributed by atoms with Gasteiger partial charge in [0.15, 0.2) is 0 Å². The highest BCUT2D eigenvalue weighted by Gasteiger charge is 2.33. The highest BCUT2D eigenvalue weighted by molar-refractivity contribution is 5.91. The number of benzene rings is 2. The number of carbonyl (C=O) groups excluding carboxylic acids is 2. The first-order valence-corrected chi connectivity index (χ1v) is 16.7.